The SMILES string of the molecule is CCN(CC)C(=O)CN(C)C(=O)c1nn(-c2ccccc2)cc1OC. The lowest BCUT2D eigenvalue weighted by molar-refractivity contribution is -0.131. The first-order valence-corrected chi connectivity index (χ1v) is 8.24. The van der Waals surface area contributed by atoms with Crippen LogP contribution in [0.2, 0.25) is 0 Å². The quantitative estimate of drug-likeness (QED) is 0.768. The van der Waals surface area contributed by atoms with Crippen molar-refractivity contribution in [3.05, 3.63) is 42.2 Å². The third kappa shape index (κ3) is 4.17. The summed E-state index contributed by atoms with van der Waals surface area (Å²) in [6.45, 7) is 5.05. The van der Waals surface area contributed by atoms with Crippen molar-refractivity contribution in [1.29, 1.82) is 0 Å². The highest BCUT2D eigenvalue weighted by Crippen LogP contribution is 2.20. The molecule has 2 amide bonds. The van der Waals surface area contributed by atoms with Crippen LogP contribution in [0.3, 0.4) is 0 Å². The van der Waals surface area contributed by atoms with Crippen molar-refractivity contribution in [1.82, 2.24) is 19.6 Å². The second kappa shape index (κ2) is 8.32. The molecule has 0 aliphatic heterocycles. The number of carbonyl (C=O) groups excluding carboxylic acids is 2. The number of aromatic nitrogens is 2. The lowest BCUT2D eigenvalue weighted by Crippen LogP contribution is -2.41. The molecule has 0 spiro atoms. The molecule has 7 heteroatoms. The number of rotatable bonds is 7. The zero-order valence-corrected chi connectivity index (χ0v) is 15.1. The predicted octanol–water partition coefficient (Wildman–Crippen LogP) is 1.82. The van der Waals surface area contributed by atoms with Gasteiger partial charge in [-0.25, -0.2) is 4.68 Å². The molecule has 0 atom stereocenters. The molecular formula is C18H24N4O3. The van der Waals surface area contributed by atoms with Crippen molar-refractivity contribution in [2.75, 3.05) is 33.8 Å². The van der Waals surface area contributed by atoms with Crippen molar-refractivity contribution in [3.63, 3.8) is 0 Å². The van der Waals surface area contributed by atoms with Crippen molar-refractivity contribution < 1.29 is 14.3 Å². The first kappa shape index (κ1) is 18.5. The monoisotopic (exact) mass is 344 g/mol. The van der Waals surface area contributed by atoms with E-state index < -0.39 is 0 Å². The predicted molar refractivity (Wildman–Crippen MR) is 95.0 cm³/mol. The van der Waals surface area contributed by atoms with Gasteiger partial charge in [0.1, 0.15) is 0 Å². The van der Waals surface area contributed by atoms with Gasteiger partial charge in [-0.2, -0.15) is 5.10 Å². The van der Waals surface area contributed by atoms with E-state index in [1.807, 2.05) is 44.2 Å². The molecule has 7 nitrogen and oxygen atoms in total. The number of likely N-dealkylation sites (N-methyl/N-ethyl adjacent to an activating group) is 2. The van der Waals surface area contributed by atoms with Gasteiger partial charge < -0.3 is 14.5 Å². The fourth-order valence-corrected chi connectivity index (χ4v) is 2.50. The molecule has 0 unspecified atom stereocenters. The van der Waals surface area contributed by atoms with E-state index in [1.165, 1.54) is 12.0 Å². The van der Waals surface area contributed by atoms with Crippen LogP contribution < -0.4 is 4.74 Å². The van der Waals surface area contributed by atoms with Crippen LogP contribution in [0, 0.1) is 0 Å². The molecular weight excluding hydrogens is 320 g/mol. The van der Waals surface area contributed by atoms with E-state index in [1.54, 1.807) is 22.8 Å². The Morgan fingerprint density at radius 2 is 1.80 bits per heavy atom. The number of amides is 2. The number of ether oxygens (including phenoxy) is 1. The summed E-state index contributed by atoms with van der Waals surface area (Å²) in [7, 11) is 3.08. The molecule has 2 aromatic rings. The van der Waals surface area contributed by atoms with E-state index in [2.05, 4.69) is 5.10 Å². The van der Waals surface area contributed by atoms with Crippen LogP contribution in [0.25, 0.3) is 5.69 Å². The minimum absolute atomic E-state index is 0.00185. The maximum Gasteiger partial charge on any atom is 0.278 e. The molecule has 0 aliphatic rings. The Balaban J connectivity index is 2.21. The molecule has 0 aliphatic carbocycles. The van der Waals surface area contributed by atoms with Gasteiger partial charge in [0.25, 0.3) is 5.91 Å². The third-order valence-electron chi connectivity index (χ3n) is 3.96. The normalized spacial score (nSPS) is 10.4. The van der Waals surface area contributed by atoms with E-state index in [9.17, 15) is 9.59 Å². The van der Waals surface area contributed by atoms with Crippen molar-refractivity contribution in [2.45, 2.75) is 13.8 Å². The van der Waals surface area contributed by atoms with Crippen LogP contribution >= 0.6 is 0 Å². The van der Waals surface area contributed by atoms with Gasteiger partial charge in [0.2, 0.25) is 5.91 Å². The highest BCUT2D eigenvalue weighted by atomic mass is 16.5. The largest absolute Gasteiger partial charge is 0.493 e. The molecule has 0 saturated carbocycles. The van der Waals surface area contributed by atoms with Crippen LogP contribution in [0.15, 0.2) is 36.5 Å². The van der Waals surface area contributed by atoms with Gasteiger partial charge in [0, 0.05) is 20.1 Å². The van der Waals surface area contributed by atoms with Gasteiger partial charge in [0.05, 0.1) is 25.5 Å². The Hall–Kier alpha value is -2.83. The molecule has 25 heavy (non-hydrogen) atoms. The Labute approximate surface area is 147 Å². The maximum absolute atomic E-state index is 12.7. The molecule has 1 aromatic heterocycles. The van der Waals surface area contributed by atoms with Gasteiger partial charge in [-0.05, 0) is 26.0 Å². The fraction of sp³-hybridized carbons (Fsp3) is 0.389. The Bertz CT molecular complexity index is 723. The third-order valence-corrected chi connectivity index (χ3v) is 3.96. The lowest BCUT2D eigenvalue weighted by Gasteiger charge is -2.22. The topological polar surface area (TPSA) is 67.7 Å². The zero-order valence-electron chi connectivity index (χ0n) is 15.1. The van der Waals surface area contributed by atoms with Crippen molar-refractivity contribution in [2.24, 2.45) is 0 Å². The highest BCUT2D eigenvalue weighted by Gasteiger charge is 2.24. The molecule has 1 aromatic carbocycles. The number of hydrogen-bond donors (Lipinski definition) is 0. The van der Waals surface area contributed by atoms with Gasteiger partial charge in [-0.1, -0.05) is 18.2 Å². The van der Waals surface area contributed by atoms with E-state index in [4.69, 9.17) is 4.74 Å². The summed E-state index contributed by atoms with van der Waals surface area (Å²) < 4.78 is 6.88. The number of carbonyl (C=O) groups is 2. The van der Waals surface area contributed by atoms with Gasteiger partial charge in [-0.3, -0.25) is 9.59 Å². The molecule has 0 bridgehead atoms. The standard InChI is InChI=1S/C18H24N4O3/c1-5-21(6-2)16(23)13-20(3)18(24)17-15(25-4)12-22(19-17)14-10-8-7-9-11-14/h7-12H,5-6,13H2,1-4H3. The van der Waals surface area contributed by atoms with E-state index in [-0.39, 0.29) is 24.1 Å². The minimum atomic E-state index is -0.355. The number of hydrogen-bond acceptors (Lipinski definition) is 4. The van der Waals surface area contributed by atoms with Crippen LogP contribution in [0.1, 0.15) is 24.3 Å². The Morgan fingerprint density at radius 3 is 2.36 bits per heavy atom. The summed E-state index contributed by atoms with van der Waals surface area (Å²) in [5.41, 5.74) is 1.00. The molecule has 0 fully saturated rings. The summed E-state index contributed by atoms with van der Waals surface area (Å²) in [6, 6.07) is 9.45. The average Bonchev–Trinajstić information content (AvgIpc) is 3.07. The van der Waals surface area contributed by atoms with E-state index >= 15 is 0 Å². The fourth-order valence-electron chi connectivity index (χ4n) is 2.50. The molecule has 0 saturated heterocycles. The maximum atomic E-state index is 12.7. The second-order valence-corrected chi connectivity index (χ2v) is 5.55. The average molecular weight is 344 g/mol. The number of benzene rings is 1. The lowest BCUT2D eigenvalue weighted by atomic mass is 10.3. The van der Waals surface area contributed by atoms with Gasteiger partial charge in [0.15, 0.2) is 11.4 Å². The molecule has 1 heterocycles. The smallest absolute Gasteiger partial charge is 0.278 e. The molecule has 0 N–H and O–H groups in total. The summed E-state index contributed by atoms with van der Waals surface area (Å²) in [5, 5.41) is 4.34. The van der Waals surface area contributed by atoms with Crippen molar-refractivity contribution in [3.8, 4) is 11.4 Å². The first-order valence-electron chi connectivity index (χ1n) is 8.24. The van der Waals surface area contributed by atoms with Crippen molar-refractivity contribution >= 4 is 11.8 Å². The van der Waals surface area contributed by atoms with Gasteiger partial charge in [-0.15, -0.1) is 0 Å². The Morgan fingerprint density at radius 1 is 1.16 bits per heavy atom. The second-order valence-electron chi connectivity index (χ2n) is 5.55. The summed E-state index contributed by atoms with van der Waals surface area (Å²) in [4.78, 5) is 28.0. The Kier molecular flexibility index (Phi) is 6.16. The number of methoxy groups -OCH3 is 1. The van der Waals surface area contributed by atoms with Crippen LogP contribution in [0.4, 0.5) is 0 Å². The summed E-state index contributed by atoms with van der Waals surface area (Å²) in [6.07, 6.45) is 1.66. The molecule has 134 valence electrons. The van der Waals surface area contributed by atoms with E-state index in [0.717, 1.165) is 5.69 Å². The molecule has 2 rings (SSSR count). The van der Waals surface area contributed by atoms with Crippen LogP contribution in [-0.4, -0.2) is 65.2 Å². The molecule has 0 radical (unpaired) electrons. The number of para-hydroxylation sites is 1. The summed E-state index contributed by atoms with van der Waals surface area (Å²) in [5.74, 6) is -0.0784. The van der Waals surface area contributed by atoms with Gasteiger partial charge >= 0.3 is 0 Å². The number of nitrogens with zero attached hydrogens (tertiary/aromatic N) is 4. The van der Waals surface area contributed by atoms with Crippen LogP contribution in [0.5, 0.6) is 5.75 Å². The zero-order chi connectivity index (χ0) is 18.4. The first-order chi connectivity index (χ1) is 12.0. The highest BCUT2D eigenvalue weighted by molar-refractivity contribution is 5.97. The minimum Gasteiger partial charge on any atom is -0.493 e. The van der Waals surface area contributed by atoms with E-state index in [0.29, 0.717) is 18.8 Å². The van der Waals surface area contributed by atoms with Crippen LogP contribution in [-0.2, 0) is 4.79 Å². The summed E-state index contributed by atoms with van der Waals surface area (Å²) >= 11 is 0.